The second kappa shape index (κ2) is 5.46. The van der Waals surface area contributed by atoms with Crippen LogP contribution >= 0.6 is 0 Å². The van der Waals surface area contributed by atoms with Crippen LogP contribution in [0, 0.1) is 0 Å². The van der Waals surface area contributed by atoms with E-state index in [1.54, 1.807) is 6.20 Å². The number of nitrogen functional groups attached to an aromatic ring is 1. The molecule has 7 heteroatoms. The lowest BCUT2D eigenvalue weighted by atomic mass is 10.0. The van der Waals surface area contributed by atoms with Crippen molar-refractivity contribution in [3.05, 3.63) is 30.0 Å². The number of nitrogens with two attached hydrogens (primary N) is 1. The summed E-state index contributed by atoms with van der Waals surface area (Å²) in [5, 5.41) is 3.24. The van der Waals surface area contributed by atoms with E-state index < -0.39 is 0 Å². The van der Waals surface area contributed by atoms with E-state index in [4.69, 9.17) is 10.5 Å². The molecule has 3 rings (SSSR count). The highest BCUT2D eigenvalue weighted by atomic mass is 16.5. The molecular formula is C13H18N6O. The Labute approximate surface area is 117 Å². The van der Waals surface area contributed by atoms with Gasteiger partial charge in [0.15, 0.2) is 0 Å². The molecule has 0 bridgehead atoms. The SMILES string of the molecule is Cn1ccnc1CNc1cc(C2CCOC2)nc(N)n1. The van der Waals surface area contributed by atoms with Crippen LogP contribution in [0.4, 0.5) is 11.8 Å². The first-order chi connectivity index (χ1) is 9.72. The second-order valence-electron chi connectivity index (χ2n) is 4.90. The standard InChI is InChI=1S/C13H18N6O/c1-19-4-3-15-12(19)7-16-11-6-10(17-13(14)18-11)9-2-5-20-8-9/h3-4,6,9H,2,5,7-8H2,1H3,(H3,14,16,17,18). The Morgan fingerprint density at radius 2 is 2.40 bits per heavy atom. The van der Waals surface area contributed by atoms with Gasteiger partial charge in [-0.15, -0.1) is 0 Å². The van der Waals surface area contributed by atoms with Gasteiger partial charge in [-0.25, -0.2) is 9.97 Å². The van der Waals surface area contributed by atoms with Crippen LogP contribution in [0.1, 0.15) is 23.9 Å². The molecule has 106 valence electrons. The molecule has 3 N–H and O–H groups in total. The van der Waals surface area contributed by atoms with Crippen LogP contribution in [0.5, 0.6) is 0 Å². The molecule has 1 fully saturated rings. The van der Waals surface area contributed by atoms with E-state index in [0.29, 0.717) is 19.1 Å². The van der Waals surface area contributed by atoms with Crippen LogP contribution in [0.15, 0.2) is 18.5 Å². The first-order valence-electron chi connectivity index (χ1n) is 6.64. The maximum atomic E-state index is 5.78. The van der Waals surface area contributed by atoms with E-state index >= 15 is 0 Å². The van der Waals surface area contributed by atoms with Crippen molar-refractivity contribution in [3.63, 3.8) is 0 Å². The lowest BCUT2D eigenvalue weighted by Gasteiger charge is -2.11. The van der Waals surface area contributed by atoms with Gasteiger partial charge in [0.1, 0.15) is 11.6 Å². The number of hydrogen-bond acceptors (Lipinski definition) is 6. The van der Waals surface area contributed by atoms with E-state index in [0.717, 1.165) is 30.4 Å². The van der Waals surface area contributed by atoms with E-state index in [-0.39, 0.29) is 5.95 Å². The number of nitrogens with zero attached hydrogens (tertiary/aromatic N) is 4. The predicted molar refractivity (Wildman–Crippen MR) is 75.2 cm³/mol. The van der Waals surface area contributed by atoms with Gasteiger partial charge in [-0.1, -0.05) is 0 Å². The van der Waals surface area contributed by atoms with E-state index in [2.05, 4.69) is 20.3 Å². The quantitative estimate of drug-likeness (QED) is 0.861. The molecule has 2 aromatic heterocycles. The minimum atomic E-state index is 0.289. The first kappa shape index (κ1) is 12.9. The monoisotopic (exact) mass is 274 g/mol. The molecule has 1 aliphatic heterocycles. The molecule has 0 aliphatic carbocycles. The number of ether oxygens (including phenoxy) is 1. The van der Waals surface area contributed by atoms with Crippen LogP contribution in [0.3, 0.4) is 0 Å². The van der Waals surface area contributed by atoms with Crippen molar-refractivity contribution in [2.45, 2.75) is 18.9 Å². The van der Waals surface area contributed by atoms with E-state index in [9.17, 15) is 0 Å². The van der Waals surface area contributed by atoms with E-state index in [1.165, 1.54) is 0 Å². The number of hydrogen-bond donors (Lipinski definition) is 2. The number of anilines is 2. The minimum Gasteiger partial charge on any atom is -0.381 e. The first-order valence-corrected chi connectivity index (χ1v) is 6.64. The largest absolute Gasteiger partial charge is 0.381 e. The topological polar surface area (TPSA) is 90.9 Å². The average molecular weight is 274 g/mol. The Morgan fingerprint density at radius 3 is 3.10 bits per heavy atom. The van der Waals surface area contributed by atoms with Gasteiger partial charge in [-0.3, -0.25) is 0 Å². The summed E-state index contributed by atoms with van der Waals surface area (Å²) in [7, 11) is 1.96. The summed E-state index contributed by atoms with van der Waals surface area (Å²) in [4.78, 5) is 12.8. The minimum absolute atomic E-state index is 0.289. The fourth-order valence-corrected chi connectivity index (χ4v) is 2.29. The Hall–Kier alpha value is -2.15. The van der Waals surface area contributed by atoms with E-state index in [1.807, 2.05) is 23.9 Å². The molecule has 0 radical (unpaired) electrons. The van der Waals surface area contributed by atoms with Gasteiger partial charge in [0.2, 0.25) is 5.95 Å². The molecule has 20 heavy (non-hydrogen) atoms. The average Bonchev–Trinajstić information content (AvgIpc) is 3.07. The molecule has 0 saturated carbocycles. The van der Waals surface area contributed by atoms with Crippen LogP contribution in [0.25, 0.3) is 0 Å². The van der Waals surface area contributed by atoms with Gasteiger partial charge < -0.3 is 20.4 Å². The van der Waals surface area contributed by atoms with Gasteiger partial charge in [-0.2, -0.15) is 4.98 Å². The molecule has 3 heterocycles. The summed E-state index contributed by atoms with van der Waals surface area (Å²) in [6, 6.07) is 1.94. The third kappa shape index (κ3) is 2.72. The summed E-state index contributed by atoms with van der Waals surface area (Å²) in [5.41, 5.74) is 6.72. The third-order valence-corrected chi connectivity index (χ3v) is 3.46. The van der Waals surface area contributed by atoms with Crippen molar-refractivity contribution in [1.29, 1.82) is 0 Å². The van der Waals surface area contributed by atoms with Crippen molar-refractivity contribution in [1.82, 2.24) is 19.5 Å². The summed E-state index contributed by atoms with van der Waals surface area (Å²) in [5.74, 6) is 2.26. The number of aryl methyl sites for hydroxylation is 1. The van der Waals surface area contributed by atoms with Gasteiger partial charge in [0.25, 0.3) is 0 Å². The maximum Gasteiger partial charge on any atom is 0.222 e. The Morgan fingerprint density at radius 1 is 1.50 bits per heavy atom. The zero-order valence-corrected chi connectivity index (χ0v) is 11.4. The van der Waals surface area contributed by atoms with Crippen molar-refractivity contribution in [2.75, 3.05) is 24.3 Å². The Kier molecular flexibility index (Phi) is 3.51. The molecule has 0 aromatic carbocycles. The fraction of sp³-hybridized carbons (Fsp3) is 0.462. The van der Waals surface area contributed by atoms with Crippen molar-refractivity contribution < 1.29 is 4.74 Å². The van der Waals surface area contributed by atoms with Crippen molar-refractivity contribution in [3.8, 4) is 0 Å². The molecule has 2 aromatic rings. The lowest BCUT2D eigenvalue weighted by Crippen LogP contribution is -2.11. The Bertz CT molecular complexity index is 590. The lowest BCUT2D eigenvalue weighted by molar-refractivity contribution is 0.193. The number of nitrogens with one attached hydrogen (secondary N) is 1. The molecule has 0 spiro atoms. The van der Waals surface area contributed by atoms with Crippen molar-refractivity contribution in [2.24, 2.45) is 7.05 Å². The summed E-state index contributed by atoms with van der Waals surface area (Å²) < 4.78 is 7.35. The summed E-state index contributed by atoms with van der Waals surface area (Å²) >= 11 is 0. The zero-order chi connectivity index (χ0) is 13.9. The smallest absolute Gasteiger partial charge is 0.222 e. The molecular weight excluding hydrogens is 256 g/mol. The van der Waals surface area contributed by atoms with Crippen LogP contribution in [0.2, 0.25) is 0 Å². The van der Waals surface area contributed by atoms with Gasteiger partial charge in [0.05, 0.1) is 18.8 Å². The van der Waals surface area contributed by atoms with Crippen LogP contribution in [-0.2, 0) is 18.3 Å². The molecule has 1 saturated heterocycles. The summed E-state index contributed by atoms with van der Waals surface area (Å²) in [6.45, 7) is 2.08. The van der Waals surface area contributed by atoms with Gasteiger partial charge >= 0.3 is 0 Å². The fourth-order valence-electron chi connectivity index (χ4n) is 2.29. The van der Waals surface area contributed by atoms with Crippen molar-refractivity contribution >= 4 is 11.8 Å². The highest BCUT2D eigenvalue weighted by Gasteiger charge is 2.20. The maximum absolute atomic E-state index is 5.78. The second-order valence-corrected chi connectivity index (χ2v) is 4.90. The van der Waals surface area contributed by atoms with Gasteiger partial charge in [0, 0.05) is 38.0 Å². The molecule has 1 unspecified atom stereocenters. The Balaban J connectivity index is 1.74. The molecule has 1 aliphatic rings. The third-order valence-electron chi connectivity index (χ3n) is 3.46. The number of aromatic nitrogens is 4. The zero-order valence-electron chi connectivity index (χ0n) is 11.4. The highest BCUT2D eigenvalue weighted by Crippen LogP contribution is 2.25. The summed E-state index contributed by atoms with van der Waals surface area (Å²) in [6.07, 6.45) is 4.66. The molecule has 0 amide bonds. The number of imidazole rings is 1. The highest BCUT2D eigenvalue weighted by molar-refractivity contribution is 5.41. The van der Waals surface area contributed by atoms with Gasteiger partial charge in [-0.05, 0) is 6.42 Å². The number of rotatable bonds is 4. The molecule has 1 atom stereocenters. The molecule has 7 nitrogen and oxygen atoms in total. The van der Waals surface area contributed by atoms with Crippen LogP contribution in [-0.4, -0.2) is 32.7 Å². The van der Waals surface area contributed by atoms with Crippen LogP contribution < -0.4 is 11.1 Å². The normalized spacial score (nSPS) is 18.4. The predicted octanol–water partition coefficient (Wildman–Crippen LogP) is 0.908.